The maximum Gasteiger partial charge on any atom is 0.325 e. The molecule has 4 amide bonds. The Kier molecular flexibility index (Phi) is 4.97. The molecule has 6 nitrogen and oxygen atoms in total. The highest BCUT2D eigenvalue weighted by atomic mass is 19.1. The molecule has 2 aromatic carbocycles. The lowest BCUT2D eigenvalue weighted by Crippen LogP contribution is -2.38. The van der Waals surface area contributed by atoms with Crippen LogP contribution in [0.3, 0.4) is 0 Å². The lowest BCUT2D eigenvalue weighted by molar-refractivity contribution is -0.130. The molecule has 2 N–H and O–H groups in total. The van der Waals surface area contributed by atoms with Crippen LogP contribution < -0.4 is 10.6 Å². The number of anilines is 1. The molecule has 0 aromatic heterocycles. The van der Waals surface area contributed by atoms with Crippen molar-refractivity contribution in [2.75, 3.05) is 11.9 Å². The Morgan fingerprint density at radius 1 is 1.19 bits per heavy atom. The van der Waals surface area contributed by atoms with E-state index in [-0.39, 0.29) is 5.69 Å². The van der Waals surface area contributed by atoms with E-state index in [1.807, 2.05) is 30.3 Å². The van der Waals surface area contributed by atoms with Crippen LogP contribution in [0.25, 0.3) is 0 Å². The maximum atomic E-state index is 13.5. The van der Waals surface area contributed by atoms with E-state index < -0.39 is 36.2 Å². The fourth-order valence-electron chi connectivity index (χ4n) is 2.73. The van der Waals surface area contributed by atoms with Gasteiger partial charge in [-0.25, -0.2) is 9.18 Å². The number of hydrogen-bond acceptors (Lipinski definition) is 3. The second-order valence-electron chi connectivity index (χ2n) is 6.13. The number of carbonyl (C=O) groups excluding carboxylic acids is 3. The number of urea groups is 1. The molecule has 1 aliphatic rings. The quantitative estimate of drug-likeness (QED) is 0.808. The fourth-order valence-corrected chi connectivity index (χ4v) is 2.73. The summed E-state index contributed by atoms with van der Waals surface area (Å²) in [7, 11) is 0. The van der Waals surface area contributed by atoms with Crippen LogP contribution >= 0.6 is 0 Å². The number of rotatable bonds is 5. The van der Waals surface area contributed by atoms with E-state index in [1.54, 1.807) is 13.0 Å². The van der Waals surface area contributed by atoms with Gasteiger partial charge in [0, 0.05) is 12.1 Å². The first-order valence-corrected chi connectivity index (χ1v) is 8.16. The molecule has 0 bridgehead atoms. The number of imide groups is 1. The fraction of sp³-hybridized carbons (Fsp3) is 0.211. The number of aryl methyl sites for hydroxylation is 1. The number of hydrogen-bond donors (Lipinski definition) is 2. The van der Waals surface area contributed by atoms with Gasteiger partial charge in [-0.2, -0.15) is 0 Å². The molecule has 0 spiro atoms. The van der Waals surface area contributed by atoms with E-state index in [2.05, 4.69) is 10.6 Å². The van der Waals surface area contributed by atoms with Crippen LogP contribution in [0.4, 0.5) is 14.9 Å². The predicted molar refractivity (Wildman–Crippen MR) is 93.9 cm³/mol. The van der Waals surface area contributed by atoms with E-state index in [9.17, 15) is 18.8 Å². The summed E-state index contributed by atoms with van der Waals surface area (Å²) in [5, 5.41) is 5.08. The number of amides is 4. The van der Waals surface area contributed by atoms with Crippen molar-refractivity contribution in [3.05, 3.63) is 65.5 Å². The molecule has 1 atom stereocenters. The largest absolute Gasteiger partial charge is 0.325 e. The summed E-state index contributed by atoms with van der Waals surface area (Å²) in [5.41, 5.74) is 1.64. The molecule has 0 saturated carbocycles. The molecule has 0 aliphatic carbocycles. The molecule has 2 aromatic rings. The molecule has 1 fully saturated rings. The number of nitrogens with zero attached hydrogens (tertiary/aromatic N) is 1. The van der Waals surface area contributed by atoms with Gasteiger partial charge < -0.3 is 10.6 Å². The van der Waals surface area contributed by atoms with E-state index in [1.165, 1.54) is 12.1 Å². The predicted octanol–water partition coefficient (Wildman–Crippen LogP) is 2.24. The van der Waals surface area contributed by atoms with Gasteiger partial charge in [0.1, 0.15) is 18.4 Å². The number of benzene rings is 2. The zero-order chi connectivity index (χ0) is 18.7. The van der Waals surface area contributed by atoms with Crippen LogP contribution in [0.5, 0.6) is 0 Å². The van der Waals surface area contributed by atoms with Crippen LogP contribution in [-0.4, -0.2) is 35.3 Å². The van der Waals surface area contributed by atoms with Gasteiger partial charge in [0.25, 0.3) is 5.91 Å². The smallest absolute Gasteiger partial charge is 0.325 e. The first kappa shape index (κ1) is 17.6. The Balaban J connectivity index is 1.61. The molecule has 1 saturated heterocycles. The Morgan fingerprint density at radius 3 is 2.62 bits per heavy atom. The molecule has 1 heterocycles. The van der Waals surface area contributed by atoms with Gasteiger partial charge in [0.15, 0.2) is 0 Å². The molecule has 0 radical (unpaired) electrons. The Morgan fingerprint density at radius 2 is 1.92 bits per heavy atom. The molecule has 7 heteroatoms. The Hall–Kier alpha value is -3.22. The van der Waals surface area contributed by atoms with Gasteiger partial charge in [0.2, 0.25) is 5.91 Å². The van der Waals surface area contributed by atoms with E-state index in [0.717, 1.165) is 10.5 Å². The van der Waals surface area contributed by atoms with Crippen molar-refractivity contribution in [2.45, 2.75) is 19.4 Å². The summed E-state index contributed by atoms with van der Waals surface area (Å²) < 4.78 is 13.5. The lowest BCUT2D eigenvalue weighted by atomic mass is 10.1. The summed E-state index contributed by atoms with van der Waals surface area (Å²) in [6, 6.07) is 12.3. The summed E-state index contributed by atoms with van der Waals surface area (Å²) in [6.45, 7) is 1.19. The third-order valence-corrected chi connectivity index (χ3v) is 4.15. The molecule has 3 rings (SSSR count). The summed E-state index contributed by atoms with van der Waals surface area (Å²) in [6.07, 6.45) is 0.354. The molecule has 134 valence electrons. The third-order valence-electron chi connectivity index (χ3n) is 4.15. The van der Waals surface area contributed by atoms with Crippen molar-refractivity contribution < 1.29 is 18.8 Å². The van der Waals surface area contributed by atoms with Gasteiger partial charge in [-0.15, -0.1) is 0 Å². The SMILES string of the molecule is Cc1ccc(NC(=O)CN2C(=O)N[C@H](Cc3ccccc3)C2=O)cc1F. The van der Waals surface area contributed by atoms with E-state index in [4.69, 9.17) is 0 Å². The summed E-state index contributed by atoms with van der Waals surface area (Å²) in [5.74, 6) is -1.47. The average molecular weight is 355 g/mol. The zero-order valence-corrected chi connectivity index (χ0v) is 14.2. The van der Waals surface area contributed by atoms with Crippen LogP contribution in [0.2, 0.25) is 0 Å². The zero-order valence-electron chi connectivity index (χ0n) is 14.2. The van der Waals surface area contributed by atoms with E-state index >= 15 is 0 Å². The van der Waals surface area contributed by atoms with Gasteiger partial charge in [-0.1, -0.05) is 36.4 Å². The van der Waals surface area contributed by atoms with Gasteiger partial charge in [-0.3, -0.25) is 14.5 Å². The highest BCUT2D eigenvalue weighted by Crippen LogP contribution is 2.15. The van der Waals surface area contributed by atoms with Crippen molar-refractivity contribution in [3.8, 4) is 0 Å². The van der Waals surface area contributed by atoms with Crippen molar-refractivity contribution in [1.29, 1.82) is 0 Å². The minimum atomic E-state index is -0.700. The molecular weight excluding hydrogens is 337 g/mol. The number of nitrogens with one attached hydrogen (secondary N) is 2. The molecular formula is C19H18FN3O3. The van der Waals surface area contributed by atoms with Crippen LogP contribution in [0, 0.1) is 12.7 Å². The highest BCUT2D eigenvalue weighted by Gasteiger charge is 2.38. The summed E-state index contributed by atoms with van der Waals surface area (Å²) >= 11 is 0. The molecule has 0 unspecified atom stereocenters. The van der Waals surface area contributed by atoms with E-state index in [0.29, 0.717) is 12.0 Å². The highest BCUT2D eigenvalue weighted by molar-refractivity contribution is 6.08. The van der Waals surface area contributed by atoms with Crippen LogP contribution in [0.15, 0.2) is 48.5 Å². The van der Waals surface area contributed by atoms with Crippen molar-refractivity contribution in [3.63, 3.8) is 0 Å². The lowest BCUT2D eigenvalue weighted by Gasteiger charge is -2.13. The van der Waals surface area contributed by atoms with Crippen molar-refractivity contribution >= 4 is 23.5 Å². The number of halogens is 1. The second-order valence-corrected chi connectivity index (χ2v) is 6.13. The Labute approximate surface area is 150 Å². The molecule has 1 aliphatic heterocycles. The topological polar surface area (TPSA) is 78.5 Å². The molecule has 26 heavy (non-hydrogen) atoms. The number of carbonyl (C=O) groups is 3. The Bertz CT molecular complexity index is 854. The third kappa shape index (κ3) is 3.88. The monoisotopic (exact) mass is 355 g/mol. The van der Waals surface area contributed by atoms with Crippen molar-refractivity contribution in [2.24, 2.45) is 0 Å². The normalized spacial score (nSPS) is 16.5. The first-order chi connectivity index (χ1) is 12.4. The standard InChI is InChI=1S/C19H18FN3O3/c1-12-7-8-14(10-15(12)20)21-17(24)11-23-18(25)16(22-19(23)26)9-13-5-3-2-4-6-13/h2-8,10,16H,9,11H2,1H3,(H,21,24)(H,22,26)/t16-/m1/s1. The van der Waals surface area contributed by atoms with Crippen molar-refractivity contribution in [1.82, 2.24) is 10.2 Å². The maximum absolute atomic E-state index is 13.5. The van der Waals surface area contributed by atoms with Crippen LogP contribution in [0.1, 0.15) is 11.1 Å². The minimum Gasteiger partial charge on any atom is -0.325 e. The first-order valence-electron chi connectivity index (χ1n) is 8.16. The minimum absolute atomic E-state index is 0.269. The van der Waals surface area contributed by atoms with Crippen LogP contribution in [-0.2, 0) is 16.0 Å². The van der Waals surface area contributed by atoms with Gasteiger partial charge in [-0.05, 0) is 30.2 Å². The second kappa shape index (κ2) is 7.35. The summed E-state index contributed by atoms with van der Waals surface area (Å²) in [4.78, 5) is 37.4. The average Bonchev–Trinajstić information content (AvgIpc) is 2.86. The van der Waals surface area contributed by atoms with Gasteiger partial charge >= 0.3 is 6.03 Å². The van der Waals surface area contributed by atoms with Gasteiger partial charge in [0.05, 0.1) is 0 Å².